The minimum absolute atomic E-state index is 0.529. The second kappa shape index (κ2) is 28.0. The molecule has 0 saturated carbocycles. The molecule has 0 aliphatic heterocycles. The third kappa shape index (κ3) is 11.5. The van der Waals surface area contributed by atoms with Gasteiger partial charge in [-0.2, -0.15) is 19.9 Å². The normalized spacial score (nSPS) is 11.7. The molecule has 0 amide bonds. The highest BCUT2D eigenvalue weighted by atomic mass is 15.2. The third-order valence-corrected chi connectivity index (χ3v) is 23.4. The average molecular weight is 1510 g/mol. The summed E-state index contributed by atoms with van der Waals surface area (Å²) in [5, 5.41) is 9.01. The Kier molecular flexibility index (Phi) is 16.0. The summed E-state index contributed by atoms with van der Waals surface area (Å²) < 4.78 is 9.36. The molecule has 0 N–H and O–H groups in total. The van der Waals surface area contributed by atoms with E-state index in [0.717, 1.165) is 177 Å². The molecule has 0 bridgehead atoms. The molecular formula is C108H68N10. The molecule has 0 radical (unpaired) electrons. The molecule has 23 aromatic rings. The quantitative estimate of drug-likeness (QED) is 0.108. The van der Waals surface area contributed by atoms with E-state index in [1.54, 1.807) is 0 Å². The summed E-state index contributed by atoms with van der Waals surface area (Å²) in [5.74, 6) is 3.39. The maximum atomic E-state index is 5.49. The van der Waals surface area contributed by atoms with E-state index in [9.17, 15) is 0 Å². The van der Waals surface area contributed by atoms with Gasteiger partial charge in [-0.25, -0.2) is 9.97 Å². The van der Waals surface area contributed by atoms with Crippen LogP contribution in [0.5, 0.6) is 0 Å². The Bertz CT molecular complexity index is 7730. The Labute approximate surface area is 679 Å². The van der Waals surface area contributed by atoms with Crippen molar-refractivity contribution in [1.82, 2.24) is 48.2 Å². The summed E-state index contributed by atoms with van der Waals surface area (Å²) in [5.41, 5.74) is 27.6. The topological polar surface area (TPSA) is 97.1 Å². The van der Waals surface area contributed by atoms with E-state index < -0.39 is 0 Å². The lowest BCUT2D eigenvalue weighted by molar-refractivity contribution is 0.953. The van der Waals surface area contributed by atoms with Gasteiger partial charge in [0.25, 0.3) is 0 Å². The highest BCUT2D eigenvalue weighted by Crippen LogP contribution is 2.46. The van der Waals surface area contributed by atoms with E-state index in [2.05, 4.69) is 400 Å². The molecule has 0 saturated heterocycles. The summed E-state index contributed by atoms with van der Waals surface area (Å²) >= 11 is 0. The lowest BCUT2D eigenvalue weighted by Crippen LogP contribution is -2.07. The zero-order chi connectivity index (χ0) is 77.7. The van der Waals surface area contributed by atoms with Gasteiger partial charge < -0.3 is 9.13 Å². The van der Waals surface area contributed by atoms with Crippen LogP contribution in [0.25, 0.3) is 223 Å². The van der Waals surface area contributed by atoms with E-state index >= 15 is 0 Å². The SMILES string of the molecule is c1ccc(-c2ccc(-c3nc(-c4ccc(-c5ccccc5)cc4)nc(-n4c5ccccc5c5ccc6c7ccccc7n(-c7ccc(-c8ccc(-c9cccc(-c%10ccc(-c%11nc(-c%12ccccc%12)nc(-n%12c%13ccccc%13c%13ccc%14c%15ccccc%15n(-c%15ccc(-c%16ccccc%16)cc%15)c%14c%13%12)n%11)cc%10)c9)cc8)cc7)c6c54)n3)cc2)cc1. The van der Waals surface area contributed by atoms with E-state index in [0.29, 0.717) is 35.2 Å². The number of hydrogen-bond acceptors (Lipinski definition) is 6. The fourth-order valence-electron chi connectivity index (χ4n) is 17.7. The van der Waals surface area contributed by atoms with Crippen molar-refractivity contribution in [3.63, 3.8) is 0 Å². The number of hydrogen-bond donors (Lipinski definition) is 0. The van der Waals surface area contributed by atoms with Crippen molar-refractivity contribution >= 4 is 87.2 Å². The van der Waals surface area contributed by atoms with Crippen LogP contribution in [-0.4, -0.2) is 48.2 Å². The fraction of sp³-hybridized carbons (Fsp3) is 0. The monoisotopic (exact) mass is 1500 g/mol. The number of fused-ring (bicyclic) bond motifs is 14. The molecule has 0 unspecified atom stereocenters. The van der Waals surface area contributed by atoms with E-state index in [-0.39, 0.29) is 0 Å². The van der Waals surface area contributed by atoms with Crippen LogP contribution in [0.3, 0.4) is 0 Å². The molecule has 118 heavy (non-hydrogen) atoms. The first-order chi connectivity index (χ1) is 58.5. The zero-order valence-corrected chi connectivity index (χ0v) is 63.7. The van der Waals surface area contributed by atoms with E-state index in [4.69, 9.17) is 29.9 Å². The van der Waals surface area contributed by atoms with Crippen LogP contribution in [0.2, 0.25) is 0 Å². The first-order valence-corrected chi connectivity index (χ1v) is 39.9. The smallest absolute Gasteiger partial charge is 0.238 e. The number of rotatable bonds is 14. The van der Waals surface area contributed by atoms with Gasteiger partial charge >= 0.3 is 0 Å². The Hall–Kier alpha value is -16.0. The minimum atomic E-state index is 0.529. The molecule has 0 fully saturated rings. The average Bonchev–Trinajstić information content (AvgIpc) is 1.55. The largest absolute Gasteiger partial charge is 0.307 e. The van der Waals surface area contributed by atoms with Crippen molar-refractivity contribution in [2.45, 2.75) is 0 Å². The second-order valence-corrected chi connectivity index (χ2v) is 30.1. The molecule has 6 heterocycles. The fourth-order valence-corrected chi connectivity index (χ4v) is 17.7. The van der Waals surface area contributed by atoms with Gasteiger partial charge in [0, 0.05) is 76.7 Å². The summed E-state index contributed by atoms with van der Waals surface area (Å²) in [6.07, 6.45) is 0. The second-order valence-electron chi connectivity index (χ2n) is 30.1. The highest BCUT2D eigenvalue weighted by Gasteiger charge is 2.27. The van der Waals surface area contributed by atoms with Crippen molar-refractivity contribution in [3.05, 3.63) is 413 Å². The molecule has 0 aliphatic carbocycles. The van der Waals surface area contributed by atoms with Crippen molar-refractivity contribution in [1.29, 1.82) is 0 Å². The van der Waals surface area contributed by atoms with Gasteiger partial charge in [0.1, 0.15) is 0 Å². The molecule has 0 spiro atoms. The molecule has 0 aliphatic rings. The molecule has 0 atom stereocenters. The molecule has 23 rings (SSSR count). The summed E-state index contributed by atoms with van der Waals surface area (Å²) in [6.45, 7) is 0. The Balaban J connectivity index is 0.579. The van der Waals surface area contributed by atoms with Gasteiger partial charge in [-0.3, -0.25) is 9.13 Å². The Morgan fingerprint density at radius 2 is 0.339 bits per heavy atom. The maximum absolute atomic E-state index is 5.49. The first kappa shape index (κ1) is 67.6. The molecule has 17 aromatic carbocycles. The van der Waals surface area contributed by atoms with Gasteiger partial charge in [-0.15, -0.1) is 0 Å². The van der Waals surface area contributed by atoms with Gasteiger partial charge in [-0.1, -0.05) is 358 Å². The number of nitrogens with zero attached hydrogens (tertiary/aromatic N) is 10. The van der Waals surface area contributed by atoms with Gasteiger partial charge in [0.05, 0.1) is 44.1 Å². The summed E-state index contributed by atoms with van der Waals surface area (Å²) in [6, 6.07) is 147. The summed E-state index contributed by atoms with van der Waals surface area (Å²) in [7, 11) is 0. The molecule has 550 valence electrons. The minimum Gasteiger partial charge on any atom is -0.307 e. The van der Waals surface area contributed by atoms with Crippen molar-refractivity contribution in [2.24, 2.45) is 0 Å². The lowest BCUT2D eigenvalue weighted by Gasteiger charge is -2.14. The van der Waals surface area contributed by atoms with Crippen LogP contribution in [0.1, 0.15) is 0 Å². The maximum Gasteiger partial charge on any atom is 0.238 e. The lowest BCUT2D eigenvalue weighted by atomic mass is 9.96. The van der Waals surface area contributed by atoms with Crippen LogP contribution in [0.15, 0.2) is 413 Å². The van der Waals surface area contributed by atoms with Gasteiger partial charge in [-0.05, 0) is 121 Å². The van der Waals surface area contributed by atoms with Crippen LogP contribution in [0, 0.1) is 0 Å². The van der Waals surface area contributed by atoms with Crippen molar-refractivity contribution < 1.29 is 0 Å². The zero-order valence-electron chi connectivity index (χ0n) is 63.7. The van der Waals surface area contributed by atoms with Crippen LogP contribution in [0.4, 0.5) is 0 Å². The highest BCUT2D eigenvalue weighted by molar-refractivity contribution is 6.25. The first-order valence-electron chi connectivity index (χ1n) is 39.9. The van der Waals surface area contributed by atoms with Crippen molar-refractivity contribution in [3.8, 4) is 136 Å². The third-order valence-electron chi connectivity index (χ3n) is 23.4. The number of para-hydroxylation sites is 4. The Morgan fingerprint density at radius 3 is 0.636 bits per heavy atom. The van der Waals surface area contributed by atoms with Crippen molar-refractivity contribution in [2.75, 3.05) is 0 Å². The van der Waals surface area contributed by atoms with Crippen LogP contribution in [-0.2, 0) is 0 Å². The molecule has 10 nitrogen and oxygen atoms in total. The molecular weight excluding hydrogens is 1440 g/mol. The van der Waals surface area contributed by atoms with E-state index in [1.165, 1.54) is 10.9 Å². The predicted molar refractivity (Wildman–Crippen MR) is 485 cm³/mol. The van der Waals surface area contributed by atoms with Gasteiger partial charge in [0.15, 0.2) is 23.3 Å². The standard InChI is InChI=1S/C108H68N10/c1-5-22-69(23-6-1)72-44-50-80(51-45-72)105-110-106(81-52-46-73(47-53-81)70-24-7-2-8-25-70)114-108(113-105)118-98-39-20-16-35-90(98)94-67-65-92-88-33-14-18-37-96(88)116(100(92)102(94)118)86-62-58-76(59-63-86)74-40-42-77(43-41-74)83-30-21-31-84(68-83)78-48-54-82(55-49-78)104-109-103(79-28-11-4-12-29-79)111-107(112-104)117-97-38-19-15-34-89(97)93-66-64-91-87-32-13-17-36-95(87)115(99(91)101(93)117)85-60-56-75(57-61-85)71-26-9-3-10-27-71/h1-68H. The number of aromatic nitrogens is 10. The number of benzene rings is 17. The van der Waals surface area contributed by atoms with Crippen LogP contribution >= 0.6 is 0 Å². The van der Waals surface area contributed by atoms with E-state index in [1.807, 2.05) is 30.3 Å². The predicted octanol–water partition coefficient (Wildman–Crippen LogP) is 27.1. The Morgan fingerprint density at radius 1 is 0.136 bits per heavy atom. The van der Waals surface area contributed by atoms with Crippen LogP contribution < -0.4 is 0 Å². The molecule has 10 heteroatoms. The molecule has 6 aromatic heterocycles. The summed E-state index contributed by atoms with van der Waals surface area (Å²) in [4.78, 5) is 32.4. The van der Waals surface area contributed by atoms with Gasteiger partial charge in [0.2, 0.25) is 11.9 Å².